The molecule has 0 radical (unpaired) electrons. The summed E-state index contributed by atoms with van der Waals surface area (Å²) in [6, 6.07) is 0. The molecular weight excluding hydrogens is 326 g/mol. The van der Waals surface area contributed by atoms with E-state index in [9.17, 15) is 9.59 Å². The molecule has 0 aliphatic heterocycles. The molecule has 6 rings (SSSR count). The number of hydrogen-bond donors (Lipinski definition) is 1. The molecule has 4 nitrogen and oxygen atoms in total. The van der Waals surface area contributed by atoms with Crippen molar-refractivity contribution in [2.75, 3.05) is 13.2 Å². The molecule has 6 bridgehead atoms. The minimum absolute atomic E-state index is 0.0913. The van der Waals surface area contributed by atoms with Gasteiger partial charge in [0.1, 0.15) is 0 Å². The second kappa shape index (κ2) is 6.53. The van der Waals surface area contributed by atoms with Gasteiger partial charge in [-0.25, -0.2) is 0 Å². The summed E-state index contributed by atoms with van der Waals surface area (Å²) in [5, 5.41) is 3.10. The topological polar surface area (TPSA) is 55.4 Å². The Hall–Kier alpha value is -1.06. The van der Waals surface area contributed by atoms with Crippen molar-refractivity contribution in [2.45, 2.75) is 70.6 Å². The highest BCUT2D eigenvalue weighted by molar-refractivity contribution is 5.80. The fraction of sp³-hybridized carbons (Fsp3) is 0.909. The van der Waals surface area contributed by atoms with Crippen molar-refractivity contribution < 1.29 is 14.3 Å². The van der Waals surface area contributed by atoms with Crippen LogP contribution in [0.25, 0.3) is 0 Å². The third-order valence-electron chi connectivity index (χ3n) is 8.50. The quantitative estimate of drug-likeness (QED) is 0.736. The molecule has 1 amide bonds. The van der Waals surface area contributed by atoms with Gasteiger partial charge in [0.15, 0.2) is 6.61 Å². The fourth-order valence-corrected chi connectivity index (χ4v) is 7.89. The Morgan fingerprint density at radius 1 is 0.885 bits per heavy atom. The van der Waals surface area contributed by atoms with Gasteiger partial charge in [-0.05, 0) is 98.7 Å². The van der Waals surface area contributed by atoms with Gasteiger partial charge >= 0.3 is 5.97 Å². The number of hydrogen-bond acceptors (Lipinski definition) is 3. The van der Waals surface area contributed by atoms with E-state index in [2.05, 4.69) is 5.32 Å². The molecule has 0 aromatic heterocycles. The molecule has 0 unspecified atom stereocenters. The average Bonchev–Trinajstić information content (AvgIpc) is 3.20. The number of fused-ring (bicyclic) bond motifs is 2. The molecule has 0 heterocycles. The minimum atomic E-state index is -0.174. The van der Waals surface area contributed by atoms with Gasteiger partial charge in [0.25, 0.3) is 5.91 Å². The van der Waals surface area contributed by atoms with Crippen LogP contribution in [0, 0.1) is 40.9 Å². The predicted octanol–water partition coefficient (Wildman–Crippen LogP) is 3.69. The number of amides is 1. The summed E-state index contributed by atoms with van der Waals surface area (Å²) in [7, 11) is 0. The van der Waals surface area contributed by atoms with Gasteiger partial charge in [-0.1, -0.05) is 6.42 Å². The van der Waals surface area contributed by atoms with Crippen molar-refractivity contribution in [1.82, 2.24) is 5.32 Å². The minimum Gasteiger partial charge on any atom is -0.456 e. The number of nitrogens with one attached hydrogen (secondary N) is 1. The summed E-state index contributed by atoms with van der Waals surface area (Å²) in [4.78, 5) is 24.3. The van der Waals surface area contributed by atoms with Crippen LogP contribution in [0.4, 0.5) is 0 Å². The molecule has 26 heavy (non-hydrogen) atoms. The molecule has 3 atom stereocenters. The first-order valence-electron chi connectivity index (χ1n) is 11.0. The first-order chi connectivity index (χ1) is 12.6. The highest BCUT2D eigenvalue weighted by Crippen LogP contribution is 2.59. The highest BCUT2D eigenvalue weighted by Gasteiger charge is 2.50. The average molecular weight is 360 g/mol. The summed E-state index contributed by atoms with van der Waals surface area (Å²) in [6.45, 7) is 0.700. The standard InChI is InChI=1S/C22H33NO3/c24-20(12-26-21(25)8-19-7-14-1-2-18(19)6-14)23-13-22-9-15-3-16(10-22)5-17(4-15)11-22/h14-19H,1-13H2,(H,23,24)/t14-,15?,16?,17?,18+,19+,22?/m0/s1. The summed E-state index contributed by atoms with van der Waals surface area (Å²) in [5.74, 6) is 4.51. The lowest BCUT2D eigenvalue weighted by Gasteiger charge is -2.56. The van der Waals surface area contributed by atoms with Crippen LogP contribution in [-0.2, 0) is 14.3 Å². The van der Waals surface area contributed by atoms with E-state index in [1.165, 1.54) is 64.2 Å². The van der Waals surface area contributed by atoms with E-state index < -0.39 is 0 Å². The van der Waals surface area contributed by atoms with Crippen molar-refractivity contribution >= 4 is 11.9 Å². The van der Waals surface area contributed by atoms with Crippen LogP contribution in [0.5, 0.6) is 0 Å². The summed E-state index contributed by atoms with van der Waals surface area (Å²) >= 11 is 0. The fourth-order valence-electron chi connectivity index (χ4n) is 7.89. The SMILES string of the molecule is O=C(COC(=O)C[C@H]1C[C@H]2CC[C@@H]1C2)NCC12CC3CC(CC(C3)C1)C2. The Morgan fingerprint density at radius 2 is 1.58 bits per heavy atom. The number of carbonyl (C=O) groups is 2. The van der Waals surface area contributed by atoms with E-state index in [0.717, 1.165) is 36.1 Å². The maximum atomic E-state index is 12.2. The van der Waals surface area contributed by atoms with Crippen molar-refractivity contribution in [3.63, 3.8) is 0 Å². The van der Waals surface area contributed by atoms with E-state index in [1.807, 2.05) is 0 Å². The lowest BCUT2D eigenvalue weighted by Crippen LogP contribution is -2.51. The van der Waals surface area contributed by atoms with Crippen LogP contribution in [0.15, 0.2) is 0 Å². The van der Waals surface area contributed by atoms with Crippen LogP contribution in [0.2, 0.25) is 0 Å². The van der Waals surface area contributed by atoms with E-state index in [4.69, 9.17) is 4.74 Å². The van der Waals surface area contributed by atoms with Gasteiger partial charge < -0.3 is 10.1 Å². The van der Waals surface area contributed by atoms with Crippen molar-refractivity contribution in [1.29, 1.82) is 0 Å². The molecule has 6 saturated carbocycles. The van der Waals surface area contributed by atoms with Gasteiger partial charge in [-0.15, -0.1) is 0 Å². The molecule has 6 aliphatic carbocycles. The number of esters is 1. The number of carbonyl (C=O) groups excluding carboxylic acids is 2. The maximum Gasteiger partial charge on any atom is 0.306 e. The monoisotopic (exact) mass is 359 g/mol. The highest BCUT2D eigenvalue weighted by atomic mass is 16.5. The summed E-state index contributed by atoms with van der Waals surface area (Å²) in [6.07, 6.45) is 13.8. The summed E-state index contributed by atoms with van der Waals surface area (Å²) < 4.78 is 5.29. The second-order valence-electron chi connectivity index (χ2n) is 10.5. The van der Waals surface area contributed by atoms with Gasteiger partial charge in [-0.2, -0.15) is 0 Å². The zero-order valence-electron chi connectivity index (χ0n) is 15.9. The van der Waals surface area contributed by atoms with Gasteiger partial charge in [0.2, 0.25) is 0 Å². The van der Waals surface area contributed by atoms with Crippen LogP contribution in [0.1, 0.15) is 70.6 Å². The Balaban J connectivity index is 1.05. The first kappa shape index (κ1) is 17.1. The smallest absolute Gasteiger partial charge is 0.306 e. The Labute approximate surface area is 156 Å². The zero-order chi connectivity index (χ0) is 17.7. The van der Waals surface area contributed by atoms with Crippen LogP contribution in [0.3, 0.4) is 0 Å². The van der Waals surface area contributed by atoms with Crippen LogP contribution >= 0.6 is 0 Å². The molecule has 1 N–H and O–H groups in total. The Kier molecular flexibility index (Phi) is 4.28. The summed E-state index contributed by atoms with van der Waals surface area (Å²) in [5.41, 5.74) is 0.345. The normalized spacial score (nSPS) is 45.1. The number of rotatable bonds is 6. The molecule has 0 aromatic rings. The Morgan fingerprint density at radius 3 is 2.15 bits per heavy atom. The van der Waals surface area contributed by atoms with Crippen LogP contribution in [-0.4, -0.2) is 25.0 Å². The number of ether oxygens (including phenoxy) is 1. The molecule has 6 fully saturated rings. The molecule has 0 aromatic carbocycles. The van der Waals surface area contributed by atoms with Crippen molar-refractivity contribution in [3.05, 3.63) is 0 Å². The Bertz CT molecular complexity index is 551. The lowest BCUT2D eigenvalue weighted by atomic mass is 9.49. The van der Waals surface area contributed by atoms with E-state index in [0.29, 0.717) is 17.8 Å². The van der Waals surface area contributed by atoms with Crippen molar-refractivity contribution in [2.24, 2.45) is 40.9 Å². The van der Waals surface area contributed by atoms with Crippen molar-refractivity contribution in [3.8, 4) is 0 Å². The molecule has 4 heteroatoms. The second-order valence-corrected chi connectivity index (χ2v) is 10.5. The van der Waals surface area contributed by atoms with Gasteiger partial charge in [0.05, 0.1) is 0 Å². The van der Waals surface area contributed by atoms with Gasteiger partial charge in [-0.3, -0.25) is 9.59 Å². The molecule has 144 valence electrons. The largest absolute Gasteiger partial charge is 0.456 e. The van der Waals surface area contributed by atoms with E-state index in [1.54, 1.807) is 0 Å². The third kappa shape index (κ3) is 3.29. The lowest BCUT2D eigenvalue weighted by molar-refractivity contribution is -0.150. The molecule has 0 saturated heterocycles. The maximum absolute atomic E-state index is 12.2. The molecular formula is C22H33NO3. The molecule has 0 spiro atoms. The first-order valence-corrected chi connectivity index (χ1v) is 11.0. The van der Waals surface area contributed by atoms with E-state index >= 15 is 0 Å². The van der Waals surface area contributed by atoms with Crippen LogP contribution < -0.4 is 5.32 Å². The predicted molar refractivity (Wildman–Crippen MR) is 98.1 cm³/mol. The third-order valence-corrected chi connectivity index (χ3v) is 8.50. The zero-order valence-corrected chi connectivity index (χ0v) is 15.9. The van der Waals surface area contributed by atoms with E-state index in [-0.39, 0.29) is 18.5 Å². The molecule has 6 aliphatic rings. The van der Waals surface area contributed by atoms with Gasteiger partial charge in [0, 0.05) is 13.0 Å².